The average Bonchev–Trinajstić information content (AvgIpc) is 3.10. The molecule has 1 aliphatic heterocycles. The highest BCUT2D eigenvalue weighted by molar-refractivity contribution is 6.36. The molecule has 25 heavy (non-hydrogen) atoms. The molecule has 0 aliphatic carbocycles. The second kappa shape index (κ2) is 7.99. The van der Waals surface area contributed by atoms with Crippen molar-refractivity contribution in [2.45, 2.75) is 12.8 Å². The van der Waals surface area contributed by atoms with Crippen molar-refractivity contribution in [2.75, 3.05) is 19.8 Å². The number of H-pyrrole nitrogens is 1. The molecule has 132 valence electrons. The molecule has 1 saturated heterocycles. The van der Waals surface area contributed by atoms with Crippen LogP contribution >= 0.6 is 23.2 Å². The zero-order valence-corrected chi connectivity index (χ0v) is 14.9. The minimum Gasteiger partial charge on any atom is -0.381 e. The van der Waals surface area contributed by atoms with E-state index >= 15 is 0 Å². The summed E-state index contributed by atoms with van der Waals surface area (Å²) in [6.45, 7) is 1.82. The van der Waals surface area contributed by atoms with Crippen LogP contribution in [0.3, 0.4) is 0 Å². The Morgan fingerprint density at radius 3 is 2.76 bits per heavy atom. The highest BCUT2D eigenvalue weighted by Crippen LogP contribution is 2.25. The molecule has 0 saturated carbocycles. The Morgan fingerprint density at radius 1 is 1.36 bits per heavy atom. The van der Waals surface area contributed by atoms with Crippen molar-refractivity contribution in [3.63, 3.8) is 0 Å². The van der Waals surface area contributed by atoms with E-state index in [-0.39, 0.29) is 17.9 Å². The fourth-order valence-corrected chi connectivity index (χ4v) is 3.16. The van der Waals surface area contributed by atoms with Gasteiger partial charge in [0, 0.05) is 41.7 Å². The quantitative estimate of drug-likeness (QED) is 0.832. The molecule has 2 aromatic rings. The van der Waals surface area contributed by atoms with Crippen molar-refractivity contribution in [3.8, 4) is 0 Å². The Hall–Kier alpha value is -1.89. The van der Waals surface area contributed by atoms with Crippen LogP contribution in [0.2, 0.25) is 10.0 Å². The number of nitrogens with one attached hydrogen (secondary N) is 2. The molecule has 1 fully saturated rings. The summed E-state index contributed by atoms with van der Waals surface area (Å²) in [5, 5.41) is 3.74. The zero-order chi connectivity index (χ0) is 17.8. The first-order valence-corrected chi connectivity index (χ1v) is 8.67. The summed E-state index contributed by atoms with van der Waals surface area (Å²) in [5.41, 5.74) is 0.161. The molecule has 1 atom stereocenters. The van der Waals surface area contributed by atoms with Gasteiger partial charge in [0.15, 0.2) is 0 Å². The van der Waals surface area contributed by atoms with Gasteiger partial charge >= 0.3 is 0 Å². The van der Waals surface area contributed by atoms with Gasteiger partial charge in [-0.15, -0.1) is 0 Å². The Bertz CT molecular complexity index is 812. The normalized spacial score (nSPS) is 16.8. The molecule has 8 heteroatoms. The van der Waals surface area contributed by atoms with E-state index < -0.39 is 11.5 Å². The van der Waals surface area contributed by atoms with Crippen molar-refractivity contribution in [1.29, 1.82) is 0 Å². The van der Waals surface area contributed by atoms with Gasteiger partial charge in [0.2, 0.25) is 0 Å². The van der Waals surface area contributed by atoms with Crippen molar-refractivity contribution in [2.24, 2.45) is 5.92 Å². The lowest BCUT2D eigenvalue weighted by Crippen LogP contribution is -2.34. The van der Waals surface area contributed by atoms with Crippen molar-refractivity contribution < 1.29 is 9.53 Å². The maximum Gasteiger partial charge on any atom is 0.263 e. The van der Waals surface area contributed by atoms with Crippen LogP contribution in [-0.4, -0.2) is 35.6 Å². The van der Waals surface area contributed by atoms with Crippen LogP contribution in [0.4, 0.5) is 0 Å². The summed E-state index contributed by atoms with van der Waals surface area (Å²) >= 11 is 12.3. The summed E-state index contributed by atoms with van der Waals surface area (Å²) in [6.07, 6.45) is 2.46. The number of hydrogen-bond acceptors (Lipinski definition) is 4. The largest absolute Gasteiger partial charge is 0.381 e. The molecule has 1 aromatic heterocycles. The smallest absolute Gasteiger partial charge is 0.263 e. The lowest BCUT2D eigenvalue weighted by molar-refractivity contribution is 0.0943. The highest BCUT2D eigenvalue weighted by atomic mass is 35.5. The van der Waals surface area contributed by atoms with E-state index in [1.54, 1.807) is 18.2 Å². The zero-order valence-electron chi connectivity index (χ0n) is 13.4. The number of aromatic amines is 1. The number of carbonyl (C=O) groups excluding carboxylic acids is 1. The lowest BCUT2D eigenvalue weighted by atomic mass is 10.1. The van der Waals surface area contributed by atoms with E-state index in [0.29, 0.717) is 41.2 Å². The SMILES string of the molecule is O=C(NC[C@H]1CCOC1)c1cnc(Cc2c(Cl)cccc2Cl)[nH]c1=O. The van der Waals surface area contributed by atoms with E-state index in [9.17, 15) is 9.59 Å². The Morgan fingerprint density at radius 2 is 2.12 bits per heavy atom. The average molecular weight is 382 g/mol. The molecule has 6 nitrogen and oxygen atoms in total. The summed E-state index contributed by atoms with van der Waals surface area (Å²) in [5.74, 6) is 0.237. The maximum absolute atomic E-state index is 12.2. The first-order valence-electron chi connectivity index (χ1n) is 7.91. The molecule has 0 bridgehead atoms. The van der Waals surface area contributed by atoms with Crippen LogP contribution in [0, 0.1) is 5.92 Å². The first-order chi connectivity index (χ1) is 12.0. The first kappa shape index (κ1) is 17.9. The number of rotatable bonds is 5. The van der Waals surface area contributed by atoms with Crippen molar-refractivity contribution in [3.05, 3.63) is 61.7 Å². The van der Waals surface area contributed by atoms with E-state index in [1.165, 1.54) is 6.20 Å². The number of benzene rings is 1. The molecule has 3 rings (SSSR count). The molecular formula is C17H17Cl2N3O3. The predicted octanol–water partition coefficient (Wildman–Crippen LogP) is 2.43. The van der Waals surface area contributed by atoms with Gasteiger partial charge in [0.05, 0.1) is 6.61 Å². The van der Waals surface area contributed by atoms with Gasteiger partial charge in [0.25, 0.3) is 11.5 Å². The Balaban J connectivity index is 1.70. The number of carbonyl (C=O) groups is 1. The van der Waals surface area contributed by atoms with E-state index in [4.69, 9.17) is 27.9 Å². The highest BCUT2D eigenvalue weighted by Gasteiger charge is 2.18. The molecule has 0 spiro atoms. The number of aromatic nitrogens is 2. The molecule has 0 radical (unpaired) electrons. The van der Waals surface area contributed by atoms with Gasteiger partial charge in [-0.3, -0.25) is 9.59 Å². The van der Waals surface area contributed by atoms with Crippen LogP contribution in [0.15, 0.2) is 29.2 Å². The van der Waals surface area contributed by atoms with E-state index in [2.05, 4.69) is 15.3 Å². The van der Waals surface area contributed by atoms with Crippen LogP contribution < -0.4 is 10.9 Å². The molecular weight excluding hydrogens is 365 g/mol. The molecule has 2 N–H and O–H groups in total. The van der Waals surface area contributed by atoms with Crippen LogP contribution in [-0.2, 0) is 11.2 Å². The van der Waals surface area contributed by atoms with Gasteiger partial charge in [0.1, 0.15) is 11.4 Å². The summed E-state index contributed by atoms with van der Waals surface area (Å²) < 4.78 is 5.26. The Labute approximate surface area is 154 Å². The van der Waals surface area contributed by atoms with Gasteiger partial charge in [-0.2, -0.15) is 0 Å². The number of halogens is 2. The minimum atomic E-state index is -0.492. The molecule has 1 aromatic carbocycles. The summed E-state index contributed by atoms with van der Waals surface area (Å²) in [6, 6.07) is 5.18. The lowest BCUT2D eigenvalue weighted by Gasteiger charge is -2.10. The van der Waals surface area contributed by atoms with Gasteiger partial charge in [-0.05, 0) is 24.1 Å². The van der Waals surface area contributed by atoms with Crippen molar-refractivity contribution >= 4 is 29.1 Å². The summed E-state index contributed by atoms with van der Waals surface area (Å²) in [7, 11) is 0. The third-order valence-corrected chi connectivity index (χ3v) is 4.79. The fourth-order valence-electron chi connectivity index (χ4n) is 2.63. The molecule has 1 aliphatic rings. The number of amides is 1. The predicted molar refractivity (Wildman–Crippen MR) is 95.4 cm³/mol. The maximum atomic E-state index is 12.2. The fraction of sp³-hybridized carbons (Fsp3) is 0.353. The van der Waals surface area contributed by atoms with Crippen molar-refractivity contribution in [1.82, 2.24) is 15.3 Å². The van der Waals surface area contributed by atoms with Crippen LogP contribution in [0.25, 0.3) is 0 Å². The van der Waals surface area contributed by atoms with Gasteiger partial charge in [-0.1, -0.05) is 29.3 Å². The topological polar surface area (TPSA) is 84.1 Å². The standard InChI is InChI=1S/C17H17Cl2N3O3/c18-13-2-1-3-14(19)11(13)6-15-20-8-12(17(24)22-15)16(23)21-7-10-4-5-25-9-10/h1-3,8,10H,4-7,9H2,(H,21,23)(H,20,22,24)/t10-/m1/s1. The second-order valence-electron chi connectivity index (χ2n) is 5.89. The monoisotopic (exact) mass is 381 g/mol. The third-order valence-electron chi connectivity index (χ3n) is 4.08. The minimum absolute atomic E-state index is 0.0204. The Kier molecular flexibility index (Phi) is 5.73. The number of hydrogen-bond donors (Lipinski definition) is 2. The summed E-state index contributed by atoms with van der Waals surface area (Å²) in [4.78, 5) is 31.1. The van der Waals surface area contributed by atoms with Crippen LogP contribution in [0.1, 0.15) is 28.2 Å². The second-order valence-corrected chi connectivity index (χ2v) is 6.70. The molecule has 0 unspecified atom stereocenters. The number of ether oxygens (including phenoxy) is 1. The van der Waals surface area contributed by atoms with Gasteiger partial charge in [-0.25, -0.2) is 4.98 Å². The van der Waals surface area contributed by atoms with Crippen LogP contribution in [0.5, 0.6) is 0 Å². The third kappa shape index (κ3) is 4.39. The molecule has 1 amide bonds. The van der Waals surface area contributed by atoms with E-state index in [1.807, 2.05) is 0 Å². The molecule has 2 heterocycles. The van der Waals surface area contributed by atoms with E-state index in [0.717, 1.165) is 6.42 Å². The van der Waals surface area contributed by atoms with Gasteiger partial charge < -0.3 is 15.0 Å². The number of nitrogens with zero attached hydrogens (tertiary/aromatic N) is 1.